The fraction of sp³-hybridized carbons (Fsp3) is 1.00. The van der Waals surface area contributed by atoms with Crippen molar-refractivity contribution < 1.29 is 9.47 Å². The molecule has 0 rings (SSSR count). The summed E-state index contributed by atoms with van der Waals surface area (Å²) in [6.07, 6.45) is 0.252. The summed E-state index contributed by atoms with van der Waals surface area (Å²) in [5.41, 5.74) is 0.169. The van der Waals surface area contributed by atoms with Crippen LogP contribution in [0.15, 0.2) is 0 Å². The second-order valence-electron chi connectivity index (χ2n) is 5.39. The third-order valence-corrected chi connectivity index (χ3v) is 2.71. The molecule has 0 aromatic heterocycles. The highest BCUT2D eigenvalue weighted by molar-refractivity contribution is 4.83. The lowest BCUT2D eigenvalue weighted by Crippen LogP contribution is -2.40. The fourth-order valence-electron chi connectivity index (χ4n) is 1.99. The number of methoxy groups -OCH3 is 2. The third kappa shape index (κ3) is 3.97. The van der Waals surface area contributed by atoms with E-state index < -0.39 is 0 Å². The summed E-state index contributed by atoms with van der Waals surface area (Å²) in [5.74, 6) is 1.05. The molecule has 0 saturated carbocycles. The molecule has 2 unspecified atom stereocenters. The summed E-state index contributed by atoms with van der Waals surface area (Å²) in [7, 11) is 3.55. The highest BCUT2D eigenvalue weighted by Crippen LogP contribution is 2.31. The van der Waals surface area contributed by atoms with Crippen molar-refractivity contribution in [3.63, 3.8) is 0 Å². The van der Waals surface area contributed by atoms with E-state index in [1.807, 2.05) is 0 Å². The molecule has 0 radical (unpaired) electrons. The highest BCUT2D eigenvalue weighted by Gasteiger charge is 2.33. The molecule has 0 aliphatic carbocycles. The summed E-state index contributed by atoms with van der Waals surface area (Å²) in [4.78, 5) is 0. The first-order chi connectivity index (χ1) is 6.34. The largest absolute Gasteiger partial charge is 0.384 e. The zero-order valence-electron chi connectivity index (χ0n) is 10.8. The van der Waals surface area contributed by atoms with Gasteiger partial charge in [0.05, 0.1) is 12.7 Å². The van der Waals surface area contributed by atoms with E-state index in [0.717, 1.165) is 6.61 Å². The van der Waals surface area contributed by atoms with Crippen molar-refractivity contribution in [3.05, 3.63) is 0 Å². The van der Waals surface area contributed by atoms with E-state index in [1.54, 1.807) is 14.2 Å². The van der Waals surface area contributed by atoms with E-state index in [9.17, 15) is 0 Å². The molecule has 0 aromatic rings. The van der Waals surface area contributed by atoms with Gasteiger partial charge in [-0.25, -0.2) is 0 Å². The van der Waals surface area contributed by atoms with Gasteiger partial charge in [0, 0.05) is 20.1 Å². The van der Waals surface area contributed by atoms with Crippen LogP contribution in [0.1, 0.15) is 34.6 Å². The summed E-state index contributed by atoms with van der Waals surface area (Å²) in [6, 6.07) is 0. The average molecular weight is 202 g/mol. The van der Waals surface area contributed by atoms with E-state index in [4.69, 9.17) is 9.47 Å². The van der Waals surface area contributed by atoms with Gasteiger partial charge in [0.25, 0.3) is 0 Å². The zero-order chi connectivity index (χ0) is 11.4. The minimum atomic E-state index is 0.169. The second-order valence-corrected chi connectivity index (χ2v) is 5.39. The van der Waals surface area contributed by atoms with E-state index in [-0.39, 0.29) is 11.5 Å². The SMILES string of the molecule is COCC(C(C)C)C(OC)C(C)(C)C. The number of ether oxygens (including phenoxy) is 2. The molecule has 0 aliphatic rings. The monoisotopic (exact) mass is 202 g/mol. The smallest absolute Gasteiger partial charge is 0.0672 e. The second kappa shape index (κ2) is 5.72. The Morgan fingerprint density at radius 1 is 1.07 bits per heavy atom. The van der Waals surface area contributed by atoms with Crippen LogP contribution in [0, 0.1) is 17.3 Å². The van der Waals surface area contributed by atoms with Crippen LogP contribution < -0.4 is 0 Å². The molecule has 0 saturated heterocycles. The minimum Gasteiger partial charge on any atom is -0.384 e. The molecule has 86 valence electrons. The van der Waals surface area contributed by atoms with Crippen LogP contribution in [-0.2, 0) is 9.47 Å². The summed E-state index contributed by atoms with van der Waals surface area (Å²) < 4.78 is 10.9. The molecule has 2 heteroatoms. The van der Waals surface area contributed by atoms with Gasteiger partial charge in [-0.1, -0.05) is 34.6 Å². The van der Waals surface area contributed by atoms with Gasteiger partial charge in [0.1, 0.15) is 0 Å². The highest BCUT2D eigenvalue weighted by atomic mass is 16.5. The molecule has 14 heavy (non-hydrogen) atoms. The Bertz CT molecular complexity index is 147. The van der Waals surface area contributed by atoms with Gasteiger partial charge in [0.15, 0.2) is 0 Å². The Morgan fingerprint density at radius 2 is 1.57 bits per heavy atom. The molecule has 0 amide bonds. The van der Waals surface area contributed by atoms with E-state index in [0.29, 0.717) is 11.8 Å². The van der Waals surface area contributed by atoms with E-state index >= 15 is 0 Å². The minimum absolute atomic E-state index is 0.169. The van der Waals surface area contributed by atoms with Crippen molar-refractivity contribution in [2.24, 2.45) is 17.3 Å². The molecule has 0 heterocycles. The van der Waals surface area contributed by atoms with Crippen molar-refractivity contribution in [1.29, 1.82) is 0 Å². The molecule has 0 aliphatic heterocycles. The van der Waals surface area contributed by atoms with Crippen LogP contribution in [0.3, 0.4) is 0 Å². The van der Waals surface area contributed by atoms with Gasteiger partial charge in [-0.3, -0.25) is 0 Å². The van der Waals surface area contributed by atoms with Gasteiger partial charge in [0.2, 0.25) is 0 Å². The molecule has 0 aromatic carbocycles. The number of hydrogen-bond donors (Lipinski definition) is 0. The molecular formula is C12H26O2. The number of rotatable bonds is 5. The van der Waals surface area contributed by atoms with Crippen molar-refractivity contribution in [3.8, 4) is 0 Å². The van der Waals surface area contributed by atoms with Crippen molar-refractivity contribution in [2.75, 3.05) is 20.8 Å². The van der Waals surface area contributed by atoms with Crippen LogP contribution in [-0.4, -0.2) is 26.9 Å². The van der Waals surface area contributed by atoms with Crippen molar-refractivity contribution in [1.82, 2.24) is 0 Å². The van der Waals surface area contributed by atoms with Crippen molar-refractivity contribution >= 4 is 0 Å². The maximum atomic E-state index is 5.61. The van der Waals surface area contributed by atoms with Crippen LogP contribution in [0.5, 0.6) is 0 Å². The fourth-order valence-corrected chi connectivity index (χ4v) is 1.99. The Kier molecular flexibility index (Phi) is 5.68. The summed E-state index contributed by atoms with van der Waals surface area (Å²) in [5, 5.41) is 0. The Balaban J connectivity index is 4.58. The van der Waals surface area contributed by atoms with Crippen LogP contribution in [0.4, 0.5) is 0 Å². The van der Waals surface area contributed by atoms with Crippen LogP contribution in [0.2, 0.25) is 0 Å². The number of hydrogen-bond acceptors (Lipinski definition) is 2. The maximum Gasteiger partial charge on any atom is 0.0672 e. The average Bonchev–Trinajstić information content (AvgIpc) is 2.01. The third-order valence-electron chi connectivity index (χ3n) is 2.71. The normalized spacial score (nSPS) is 17.1. The van der Waals surface area contributed by atoms with E-state index in [2.05, 4.69) is 34.6 Å². The predicted molar refractivity (Wildman–Crippen MR) is 60.5 cm³/mol. The van der Waals surface area contributed by atoms with Crippen molar-refractivity contribution in [2.45, 2.75) is 40.7 Å². The first kappa shape index (κ1) is 13.9. The van der Waals surface area contributed by atoms with Gasteiger partial charge in [-0.05, 0) is 11.3 Å². The standard InChI is InChI=1S/C12H26O2/c1-9(2)10(8-13-6)11(14-7)12(3,4)5/h9-11H,8H2,1-7H3. The molecule has 0 bridgehead atoms. The Labute approximate surface area is 89.0 Å². The van der Waals surface area contributed by atoms with Gasteiger partial charge in [-0.15, -0.1) is 0 Å². The lowest BCUT2D eigenvalue weighted by molar-refractivity contribution is -0.0635. The van der Waals surface area contributed by atoms with Crippen LogP contribution in [0.25, 0.3) is 0 Å². The Hall–Kier alpha value is -0.0800. The van der Waals surface area contributed by atoms with Gasteiger partial charge >= 0.3 is 0 Å². The Morgan fingerprint density at radius 3 is 1.79 bits per heavy atom. The van der Waals surface area contributed by atoms with Gasteiger partial charge < -0.3 is 9.47 Å². The van der Waals surface area contributed by atoms with E-state index in [1.165, 1.54) is 0 Å². The zero-order valence-corrected chi connectivity index (χ0v) is 10.8. The summed E-state index contributed by atoms with van der Waals surface area (Å²) in [6.45, 7) is 11.9. The molecule has 0 fully saturated rings. The molecule has 0 N–H and O–H groups in total. The maximum absolute atomic E-state index is 5.61. The topological polar surface area (TPSA) is 18.5 Å². The lowest BCUT2D eigenvalue weighted by Gasteiger charge is -2.37. The molecule has 2 nitrogen and oxygen atoms in total. The molecule has 0 spiro atoms. The predicted octanol–water partition coefficient (Wildman–Crippen LogP) is 2.97. The lowest BCUT2D eigenvalue weighted by atomic mass is 9.77. The molecular weight excluding hydrogens is 176 g/mol. The van der Waals surface area contributed by atoms with Crippen LogP contribution >= 0.6 is 0 Å². The first-order valence-corrected chi connectivity index (χ1v) is 5.36. The quantitative estimate of drug-likeness (QED) is 0.682. The summed E-state index contributed by atoms with van der Waals surface area (Å²) >= 11 is 0. The van der Waals surface area contributed by atoms with Gasteiger partial charge in [-0.2, -0.15) is 0 Å². The molecule has 2 atom stereocenters. The first-order valence-electron chi connectivity index (χ1n) is 5.36.